The average molecular weight is 602 g/mol. The molecule has 0 radical (unpaired) electrons. The normalized spacial score (nSPS) is 16.3. The Balaban J connectivity index is 1.49. The first kappa shape index (κ1) is 29.7. The van der Waals surface area contributed by atoms with Gasteiger partial charge in [0.1, 0.15) is 17.5 Å². The Hall–Kier alpha value is -3.32. The fourth-order valence-electron chi connectivity index (χ4n) is 4.55. The monoisotopic (exact) mass is 601 g/mol. The number of alkyl halides is 3. The lowest BCUT2D eigenvalue weighted by molar-refractivity contribution is -0.137. The van der Waals surface area contributed by atoms with Crippen molar-refractivity contribution < 1.29 is 41.2 Å². The van der Waals surface area contributed by atoms with Gasteiger partial charge >= 0.3 is 6.18 Å². The van der Waals surface area contributed by atoms with Gasteiger partial charge in [-0.1, -0.05) is 24.4 Å². The van der Waals surface area contributed by atoms with Crippen LogP contribution in [0, 0.1) is 0 Å². The van der Waals surface area contributed by atoms with Crippen LogP contribution in [0.4, 0.5) is 24.5 Å². The number of fused-ring (bicyclic) bond motifs is 1. The standard InChI is InChI=1S/C26H27ClF3N3O6S/c1-15(25(36)32-16-4-2-3-5-16)33(18-7-8-20(27)19(11-18)26(28,29)30)24(35)13-40(37)12-23(34)31-17-6-9-21-22(10-17)39-14-38-21/h6-11,15-16H,2-5,12-14H2,1H3,(H,31,34)(H,32,36)/t15-,40+/m1/s1. The lowest BCUT2D eigenvalue weighted by Crippen LogP contribution is -2.51. The zero-order chi connectivity index (χ0) is 29.0. The third-order valence-electron chi connectivity index (χ3n) is 6.50. The second-order valence-corrected chi connectivity index (χ2v) is 11.3. The number of benzene rings is 2. The number of hydrogen-bond donors (Lipinski definition) is 2. The number of rotatable bonds is 9. The molecule has 9 nitrogen and oxygen atoms in total. The predicted molar refractivity (Wildman–Crippen MR) is 143 cm³/mol. The van der Waals surface area contributed by atoms with Crippen LogP contribution in [0.15, 0.2) is 36.4 Å². The maximum Gasteiger partial charge on any atom is 0.417 e. The van der Waals surface area contributed by atoms with Crippen molar-refractivity contribution in [3.8, 4) is 11.5 Å². The molecule has 4 rings (SSSR count). The van der Waals surface area contributed by atoms with E-state index in [0.717, 1.165) is 36.6 Å². The molecule has 2 aromatic rings. The first-order chi connectivity index (χ1) is 18.9. The molecule has 0 saturated heterocycles. The number of hydrogen-bond acceptors (Lipinski definition) is 6. The maximum atomic E-state index is 13.6. The highest BCUT2D eigenvalue weighted by Crippen LogP contribution is 2.37. The summed E-state index contributed by atoms with van der Waals surface area (Å²) in [6.45, 7) is 1.42. The highest BCUT2D eigenvalue weighted by atomic mass is 35.5. The van der Waals surface area contributed by atoms with Crippen LogP contribution >= 0.6 is 11.6 Å². The molecule has 1 fully saturated rings. The largest absolute Gasteiger partial charge is 0.454 e. The van der Waals surface area contributed by atoms with Crippen molar-refractivity contribution in [1.29, 1.82) is 0 Å². The molecule has 2 atom stereocenters. The van der Waals surface area contributed by atoms with E-state index in [1.807, 2.05) is 0 Å². The van der Waals surface area contributed by atoms with E-state index in [-0.39, 0.29) is 18.5 Å². The first-order valence-corrected chi connectivity index (χ1v) is 14.3. The zero-order valence-electron chi connectivity index (χ0n) is 21.4. The highest BCUT2D eigenvalue weighted by Gasteiger charge is 2.36. The number of halogens is 4. The van der Waals surface area contributed by atoms with Crippen molar-refractivity contribution in [2.75, 3.05) is 28.5 Å². The number of amides is 3. The summed E-state index contributed by atoms with van der Waals surface area (Å²) >= 11 is 5.75. The summed E-state index contributed by atoms with van der Waals surface area (Å²) in [7, 11) is -2.05. The fraction of sp³-hybridized carbons (Fsp3) is 0.423. The van der Waals surface area contributed by atoms with Crippen LogP contribution in [0.5, 0.6) is 11.5 Å². The smallest absolute Gasteiger partial charge is 0.417 e. The minimum Gasteiger partial charge on any atom is -0.454 e. The van der Waals surface area contributed by atoms with Gasteiger partial charge in [0.25, 0.3) is 0 Å². The topological polar surface area (TPSA) is 114 Å². The average Bonchev–Trinajstić information content (AvgIpc) is 3.55. The molecule has 2 aliphatic rings. The van der Waals surface area contributed by atoms with Gasteiger partial charge < -0.3 is 20.1 Å². The second-order valence-electron chi connectivity index (χ2n) is 9.44. The van der Waals surface area contributed by atoms with Crippen LogP contribution in [-0.4, -0.2) is 52.3 Å². The molecule has 0 spiro atoms. The summed E-state index contributed by atoms with van der Waals surface area (Å²) in [5, 5.41) is 4.81. The van der Waals surface area contributed by atoms with Crippen molar-refractivity contribution in [2.24, 2.45) is 0 Å². The van der Waals surface area contributed by atoms with Gasteiger partial charge in [0.15, 0.2) is 11.5 Å². The summed E-state index contributed by atoms with van der Waals surface area (Å²) in [5.41, 5.74) is -1.06. The van der Waals surface area contributed by atoms with Gasteiger partial charge in [0, 0.05) is 34.3 Å². The molecule has 40 heavy (non-hydrogen) atoms. The molecule has 0 aromatic heterocycles. The van der Waals surface area contributed by atoms with E-state index < -0.39 is 62.8 Å². The van der Waals surface area contributed by atoms with Gasteiger partial charge in [-0.05, 0) is 50.1 Å². The molecule has 1 heterocycles. The lowest BCUT2D eigenvalue weighted by atomic mass is 10.1. The minimum absolute atomic E-state index is 0.0462. The van der Waals surface area contributed by atoms with E-state index in [2.05, 4.69) is 10.6 Å². The number of ether oxygens (including phenoxy) is 2. The Labute approximate surface area is 235 Å². The van der Waals surface area contributed by atoms with Crippen LogP contribution in [0.2, 0.25) is 5.02 Å². The molecule has 2 N–H and O–H groups in total. The number of nitrogens with zero attached hydrogens (tertiary/aromatic N) is 1. The molecule has 0 unspecified atom stereocenters. The molecule has 3 amide bonds. The molecular formula is C26H27ClF3N3O6S. The highest BCUT2D eigenvalue weighted by molar-refractivity contribution is 7.86. The SMILES string of the molecule is C[C@H](C(=O)NC1CCCC1)N(C(=O)C[S@@](=O)CC(=O)Nc1ccc2c(c1)OCO2)c1ccc(Cl)c(C(F)(F)F)c1. The third kappa shape index (κ3) is 7.25. The quantitative estimate of drug-likeness (QED) is 0.444. The van der Waals surface area contributed by atoms with Gasteiger partial charge in [0.05, 0.1) is 10.6 Å². The van der Waals surface area contributed by atoms with Gasteiger partial charge in [-0.3, -0.25) is 23.5 Å². The summed E-state index contributed by atoms with van der Waals surface area (Å²) in [4.78, 5) is 39.7. The van der Waals surface area contributed by atoms with E-state index in [4.69, 9.17) is 21.1 Å². The van der Waals surface area contributed by atoms with Gasteiger partial charge in [-0.2, -0.15) is 13.2 Å². The van der Waals surface area contributed by atoms with Crippen molar-refractivity contribution in [3.05, 3.63) is 47.0 Å². The Bertz CT molecular complexity index is 1320. The molecule has 0 bridgehead atoms. The number of carbonyl (C=O) groups excluding carboxylic acids is 3. The first-order valence-electron chi connectivity index (χ1n) is 12.5. The molecule has 1 aliphatic carbocycles. The lowest BCUT2D eigenvalue weighted by Gasteiger charge is -2.30. The second kappa shape index (κ2) is 12.5. The minimum atomic E-state index is -4.81. The Kier molecular flexibility index (Phi) is 9.24. The summed E-state index contributed by atoms with van der Waals surface area (Å²) in [6.07, 6.45) is -1.43. The van der Waals surface area contributed by atoms with Crippen LogP contribution in [0.1, 0.15) is 38.2 Å². The van der Waals surface area contributed by atoms with Gasteiger partial charge in [-0.15, -0.1) is 0 Å². The Morgan fingerprint density at radius 1 is 1.07 bits per heavy atom. The molecule has 14 heteroatoms. The van der Waals surface area contributed by atoms with Crippen molar-refractivity contribution in [2.45, 2.75) is 50.9 Å². The Morgan fingerprint density at radius 2 is 1.77 bits per heavy atom. The van der Waals surface area contributed by atoms with Gasteiger partial charge in [-0.25, -0.2) is 0 Å². The van der Waals surface area contributed by atoms with Crippen LogP contribution in [0.25, 0.3) is 0 Å². The van der Waals surface area contributed by atoms with Crippen LogP contribution in [-0.2, 0) is 31.4 Å². The molecular weight excluding hydrogens is 575 g/mol. The van der Waals surface area contributed by atoms with E-state index in [0.29, 0.717) is 23.3 Å². The molecule has 1 aliphatic heterocycles. The van der Waals surface area contributed by atoms with Crippen molar-refractivity contribution in [3.63, 3.8) is 0 Å². The van der Waals surface area contributed by atoms with E-state index >= 15 is 0 Å². The number of carbonyl (C=O) groups is 3. The maximum absolute atomic E-state index is 13.6. The van der Waals surface area contributed by atoms with E-state index in [1.54, 1.807) is 12.1 Å². The zero-order valence-corrected chi connectivity index (χ0v) is 23.0. The predicted octanol–water partition coefficient (Wildman–Crippen LogP) is 4.26. The van der Waals surface area contributed by atoms with Crippen LogP contribution < -0.4 is 25.0 Å². The summed E-state index contributed by atoms with van der Waals surface area (Å²) in [6, 6.07) is 6.20. The van der Waals surface area contributed by atoms with Crippen molar-refractivity contribution in [1.82, 2.24) is 5.32 Å². The number of nitrogens with one attached hydrogen (secondary N) is 2. The van der Waals surface area contributed by atoms with Crippen LogP contribution in [0.3, 0.4) is 0 Å². The molecule has 1 saturated carbocycles. The fourth-order valence-corrected chi connectivity index (χ4v) is 5.65. The summed E-state index contributed by atoms with van der Waals surface area (Å²) in [5.74, 6) is -2.45. The van der Waals surface area contributed by atoms with Gasteiger partial charge in [0.2, 0.25) is 24.5 Å². The third-order valence-corrected chi connectivity index (χ3v) is 7.99. The molecule has 2 aromatic carbocycles. The van der Waals surface area contributed by atoms with E-state index in [1.165, 1.54) is 19.1 Å². The number of anilines is 2. The summed E-state index contributed by atoms with van der Waals surface area (Å²) < 4.78 is 63.9. The molecule has 216 valence electrons. The van der Waals surface area contributed by atoms with E-state index in [9.17, 15) is 31.8 Å². The van der Waals surface area contributed by atoms with Crippen molar-refractivity contribution >= 4 is 51.5 Å². The Morgan fingerprint density at radius 3 is 2.48 bits per heavy atom.